The fourth-order valence-corrected chi connectivity index (χ4v) is 2.93. The molecule has 1 aromatic heterocycles. The average Bonchev–Trinajstić information content (AvgIpc) is 2.92. The highest BCUT2D eigenvalue weighted by Gasteiger charge is 2.27. The molecule has 2 heterocycles. The van der Waals surface area contributed by atoms with E-state index >= 15 is 0 Å². The summed E-state index contributed by atoms with van der Waals surface area (Å²) in [5, 5.41) is 7.72. The Bertz CT molecular complexity index is 611. The van der Waals surface area contributed by atoms with Crippen molar-refractivity contribution < 1.29 is 8.91 Å². The molecule has 0 aliphatic carbocycles. The van der Waals surface area contributed by atoms with E-state index in [-0.39, 0.29) is 18.3 Å². The number of hydrogen-bond acceptors (Lipinski definition) is 4. The number of halogens is 2. The maximum atomic E-state index is 13.8. The zero-order valence-corrected chi connectivity index (χ0v) is 12.5. The Morgan fingerprint density at radius 1 is 1.48 bits per heavy atom. The summed E-state index contributed by atoms with van der Waals surface area (Å²) in [4.78, 5) is 4.40. The van der Waals surface area contributed by atoms with E-state index in [0.717, 1.165) is 19.4 Å². The van der Waals surface area contributed by atoms with Crippen LogP contribution in [0.1, 0.15) is 43.1 Å². The molecule has 112 valence electrons. The third-order valence-electron chi connectivity index (χ3n) is 3.92. The summed E-state index contributed by atoms with van der Waals surface area (Å²) in [6, 6.07) is 4.70. The molecule has 2 unspecified atom stereocenters. The number of benzene rings is 1. The van der Waals surface area contributed by atoms with Crippen LogP contribution < -0.4 is 5.32 Å². The number of nitrogens with one attached hydrogen (secondary N) is 1. The van der Waals surface area contributed by atoms with Crippen molar-refractivity contribution in [3.8, 4) is 0 Å². The van der Waals surface area contributed by atoms with Crippen molar-refractivity contribution in [2.45, 2.75) is 32.2 Å². The van der Waals surface area contributed by atoms with Crippen LogP contribution in [0.15, 0.2) is 22.7 Å². The van der Waals surface area contributed by atoms with Crippen molar-refractivity contribution in [2.75, 3.05) is 6.54 Å². The number of aromatic nitrogens is 2. The van der Waals surface area contributed by atoms with Crippen LogP contribution in [0.2, 0.25) is 5.02 Å². The summed E-state index contributed by atoms with van der Waals surface area (Å²) in [6.07, 6.45) is 2.52. The predicted octanol–water partition coefficient (Wildman–Crippen LogP) is 3.51. The molecule has 0 amide bonds. The Morgan fingerprint density at radius 2 is 2.33 bits per heavy atom. The second-order valence-electron chi connectivity index (χ2n) is 5.48. The lowest BCUT2D eigenvalue weighted by atomic mass is 9.93. The molecule has 1 aliphatic heterocycles. The van der Waals surface area contributed by atoms with Crippen LogP contribution in [-0.4, -0.2) is 16.7 Å². The molecule has 0 bridgehead atoms. The van der Waals surface area contributed by atoms with Gasteiger partial charge in [0.2, 0.25) is 5.89 Å². The largest absolute Gasteiger partial charge is 0.338 e. The molecule has 4 nitrogen and oxygen atoms in total. The van der Waals surface area contributed by atoms with E-state index in [2.05, 4.69) is 22.4 Å². The van der Waals surface area contributed by atoms with Gasteiger partial charge in [0.15, 0.2) is 5.82 Å². The minimum absolute atomic E-state index is 0.0797. The van der Waals surface area contributed by atoms with Crippen molar-refractivity contribution in [1.82, 2.24) is 15.5 Å². The van der Waals surface area contributed by atoms with E-state index in [4.69, 9.17) is 16.1 Å². The minimum atomic E-state index is -0.349. The Balaban J connectivity index is 1.79. The predicted molar refractivity (Wildman–Crippen MR) is 77.7 cm³/mol. The van der Waals surface area contributed by atoms with Crippen molar-refractivity contribution in [1.29, 1.82) is 0 Å². The van der Waals surface area contributed by atoms with Gasteiger partial charge in [0.05, 0.1) is 6.04 Å². The van der Waals surface area contributed by atoms with Crippen LogP contribution in [0.25, 0.3) is 0 Å². The van der Waals surface area contributed by atoms with Gasteiger partial charge in [0.1, 0.15) is 5.82 Å². The van der Waals surface area contributed by atoms with Gasteiger partial charge >= 0.3 is 0 Å². The van der Waals surface area contributed by atoms with Crippen molar-refractivity contribution in [2.24, 2.45) is 5.92 Å². The monoisotopic (exact) mass is 309 g/mol. The molecule has 2 aromatic rings. The summed E-state index contributed by atoms with van der Waals surface area (Å²) in [5.74, 6) is 1.13. The van der Waals surface area contributed by atoms with Crippen LogP contribution in [0, 0.1) is 11.7 Å². The van der Waals surface area contributed by atoms with Crippen LogP contribution in [0.5, 0.6) is 0 Å². The van der Waals surface area contributed by atoms with Crippen LogP contribution in [0.3, 0.4) is 0 Å². The SMILES string of the molecule is CC1CCCNC1c1nc(Cc2c(F)cccc2Cl)no1. The number of hydrogen-bond donors (Lipinski definition) is 1. The zero-order valence-electron chi connectivity index (χ0n) is 11.8. The first-order valence-corrected chi connectivity index (χ1v) is 7.51. The van der Waals surface area contributed by atoms with Crippen molar-refractivity contribution in [3.63, 3.8) is 0 Å². The Kier molecular flexibility index (Phi) is 4.22. The first kappa shape index (κ1) is 14.5. The standard InChI is InChI=1S/C15H17ClFN3O/c1-9-4-3-7-18-14(9)15-19-13(20-21-15)8-10-11(16)5-2-6-12(10)17/h2,5-6,9,14,18H,3-4,7-8H2,1H3. The molecule has 1 fully saturated rings. The third-order valence-corrected chi connectivity index (χ3v) is 4.27. The summed E-state index contributed by atoms with van der Waals surface area (Å²) in [5.41, 5.74) is 0.399. The van der Waals surface area contributed by atoms with Gasteiger partial charge in [-0.15, -0.1) is 0 Å². The van der Waals surface area contributed by atoms with E-state index in [0.29, 0.717) is 28.2 Å². The lowest BCUT2D eigenvalue weighted by Gasteiger charge is -2.26. The highest BCUT2D eigenvalue weighted by molar-refractivity contribution is 6.31. The molecular formula is C15H17ClFN3O. The molecule has 1 aromatic carbocycles. The Labute approximate surface area is 127 Å². The van der Waals surface area contributed by atoms with E-state index in [1.54, 1.807) is 12.1 Å². The quantitative estimate of drug-likeness (QED) is 0.942. The van der Waals surface area contributed by atoms with Gasteiger partial charge in [-0.25, -0.2) is 4.39 Å². The van der Waals surface area contributed by atoms with Gasteiger partial charge < -0.3 is 9.84 Å². The van der Waals surface area contributed by atoms with Gasteiger partial charge in [-0.3, -0.25) is 0 Å². The maximum absolute atomic E-state index is 13.8. The van der Waals surface area contributed by atoms with E-state index in [1.807, 2.05) is 0 Å². The van der Waals surface area contributed by atoms with E-state index < -0.39 is 0 Å². The summed E-state index contributed by atoms with van der Waals surface area (Å²) in [6.45, 7) is 3.11. The summed E-state index contributed by atoms with van der Waals surface area (Å²) in [7, 11) is 0. The van der Waals surface area contributed by atoms with Crippen LogP contribution in [-0.2, 0) is 6.42 Å². The third kappa shape index (κ3) is 3.09. The highest BCUT2D eigenvalue weighted by atomic mass is 35.5. The van der Waals surface area contributed by atoms with E-state index in [1.165, 1.54) is 6.07 Å². The van der Waals surface area contributed by atoms with Gasteiger partial charge in [-0.05, 0) is 37.4 Å². The van der Waals surface area contributed by atoms with Crippen molar-refractivity contribution >= 4 is 11.6 Å². The van der Waals surface area contributed by atoms with Crippen LogP contribution in [0.4, 0.5) is 4.39 Å². The molecule has 2 atom stereocenters. The number of rotatable bonds is 3. The fraction of sp³-hybridized carbons (Fsp3) is 0.467. The topological polar surface area (TPSA) is 51.0 Å². The molecule has 0 radical (unpaired) electrons. The fourth-order valence-electron chi connectivity index (χ4n) is 2.71. The first-order valence-electron chi connectivity index (χ1n) is 7.14. The van der Waals surface area contributed by atoms with Gasteiger partial charge in [0, 0.05) is 17.0 Å². The zero-order chi connectivity index (χ0) is 14.8. The molecule has 1 N–H and O–H groups in total. The van der Waals surface area contributed by atoms with Crippen molar-refractivity contribution in [3.05, 3.63) is 46.3 Å². The Hall–Kier alpha value is -1.46. The normalized spacial score (nSPS) is 22.4. The molecule has 1 aliphatic rings. The van der Waals surface area contributed by atoms with Crippen LogP contribution >= 0.6 is 11.6 Å². The summed E-state index contributed by atoms with van der Waals surface area (Å²) >= 11 is 6.02. The molecule has 21 heavy (non-hydrogen) atoms. The van der Waals surface area contributed by atoms with E-state index in [9.17, 15) is 4.39 Å². The molecule has 3 rings (SSSR count). The molecular weight excluding hydrogens is 293 g/mol. The number of piperidine rings is 1. The summed E-state index contributed by atoms with van der Waals surface area (Å²) < 4.78 is 19.1. The first-order chi connectivity index (χ1) is 10.1. The van der Waals surface area contributed by atoms with Gasteiger partial charge in [-0.1, -0.05) is 29.7 Å². The lowest BCUT2D eigenvalue weighted by Crippen LogP contribution is -2.33. The Morgan fingerprint density at radius 3 is 3.10 bits per heavy atom. The van der Waals surface area contributed by atoms with Gasteiger partial charge in [-0.2, -0.15) is 4.98 Å². The maximum Gasteiger partial charge on any atom is 0.244 e. The van der Waals surface area contributed by atoms with Gasteiger partial charge in [0.25, 0.3) is 0 Å². The lowest BCUT2D eigenvalue weighted by molar-refractivity contribution is 0.239. The average molecular weight is 310 g/mol. The highest BCUT2D eigenvalue weighted by Crippen LogP contribution is 2.28. The smallest absolute Gasteiger partial charge is 0.244 e. The molecule has 0 saturated carbocycles. The second kappa shape index (κ2) is 6.12. The number of nitrogens with zero attached hydrogens (tertiary/aromatic N) is 2. The molecule has 6 heteroatoms. The molecule has 1 saturated heterocycles. The second-order valence-corrected chi connectivity index (χ2v) is 5.88. The minimum Gasteiger partial charge on any atom is -0.338 e. The molecule has 0 spiro atoms.